The normalized spacial score (nSPS) is 27.1. The summed E-state index contributed by atoms with van der Waals surface area (Å²) >= 11 is 0. The van der Waals surface area contributed by atoms with Crippen LogP contribution in [0.2, 0.25) is 0 Å². The van der Waals surface area contributed by atoms with E-state index >= 15 is 4.39 Å². The number of ether oxygens (including phenoxy) is 3. The molecule has 2 N–H and O–H groups in total. The first kappa shape index (κ1) is 28.3. The molecule has 0 saturated carbocycles. The third kappa shape index (κ3) is 4.60. The molecule has 4 aliphatic rings. The molecule has 0 unspecified atom stereocenters. The van der Waals surface area contributed by atoms with Crippen molar-refractivity contribution >= 4 is 22.4 Å². The molecule has 0 spiro atoms. The largest absolute Gasteiger partial charge is 0.471 e. The van der Waals surface area contributed by atoms with Gasteiger partial charge >= 0.3 is 12.2 Å². The third-order valence-electron chi connectivity index (χ3n) is 9.20. The van der Waals surface area contributed by atoms with Crippen LogP contribution in [0.3, 0.4) is 0 Å². The summed E-state index contributed by atoms with van der Waals surface area (Å²) in [4.78, 5) is 17.2. The van der Waals surface area contributed by atoms with Crippen LogP contribution in [0.4, 0.5) is 33.5 Å². The van der Waals surface area contributed by atoms with Crippen molar-refractivity contribution in [3.05, 3.63) is 29.1 Å². The molecule has 3 fully saturated rings. The summed E-state index contributed by atoms with van der Waals surface area (Å²) < 4.78 is 91.9. The van der Waals surface area contributed by atoms with Crippen LogP contribution < -0.4 is 20.1 Å². The number of pyridine rings is 1. The van der Waals surface area contributed by atoms with Gasteiger partial charge in [0.25, 0.3) is 0 Å². The highest BCUT2D eigenvalue weighted by Gasteiger charge is 2.49. The predicted octanol–water partition coefficient (Wildman–Crippen LogP) is 4.68. The number of benzene rings is 1. The number of nitrogens with zero attached hydrogens (tertiary/aromatic N) is 5. The van der Waals surface area contributed by atoms with Crippen LogP contribution >= 0.6 is 0 Å². The molecule has 230 valence electrons. The average Bonchev–Trinajstić information content (AvgIpc) is 3.43. The summed E-state index contributed by atoms with van der Waals surface area (Å²) in [6, 6.07) is 1.73. The van der Waals surface area contributed by atoms with Gasteiger partial charge in [-0.2, -0.15) is 23.1 Å². The fourth-order valence-electron chi connectivity index (χ4n) is 7.22. The quantitative estimate of drug-likeness (QED) is 0.335. The van der Waals surface area contributed by atoms with Crippen LogP contribution in [0.1, 0.15) is 36.8 Å². The van der Waals surface area contributed by atoms with Crippen LogP contribution in [-0.4, -0.2) is 83.7 Å². The van der Waals surface area contributed by atoms with Crippen molar-refractivity contribution in [3.8, 4) is 23.1 Å². The summed E-state index contributed by atoms with van der Waals surface area (Å²) in [6.45, 7) is 3.12. The maximum atomic E-state index is 16.6. The topological polar surface area (TPSA) is 98.9 Å². The van der Waals surface area contributed by atoms with Crippen LogP contribution in [0.5, 0.6) is 11.9 Å². The van der Waals surface area contributed by atoms with Crippen LogP contribution in [0, 0.1) is 12.7 Å². The summed E-state index contributed by atoms with van der Waals surface area (Å²) in [7, 11) is 1.76. The molecule has 14 heteroatoms. The Morgan fingerprint density at radius 2 is 2.02 bits per heavy atom. The number of aromatic nitrogens is 3. The van der Waals surface area contributed by atoms with E-state index in [4.69, 9.17) is 19.9 Å². The van der Waals surface area contributed by atoms with Crippen LogP contribution in [0.25, 0.3) is 22.2 Å². The highest BCUT2D eigenvalue weighted by Crippen LogP contribution is 2.46. The number of likely N-dealkylation sites (N-methyl/N-ethyl adjacent to an activating group) is 1. The van der Waals surface area contributed by atoms with Crippen LogP contribution in [-0.2, 0) is 10.9 Å². The fraction of sp³-hybridized carbons (Fsp3) is 0.552. The fourth-order valence-corrected chi connectivity index (χ4v) is 7.22. The van der Waals surface area contributed by atoms with Gasteiger partial charge in [0.05, 0.1) is 30.4 Å². The molecule has 0 bridgehead atoms. The van der Waals surface area contributed by atoms with Crippen molar-refractivity contribution in [2.75, 3.05) is 50.6 Å². The lowest BCUT2D eigenvalue weighted by Gasteiger charge is -2.35. The number of halogens is 5. The molecule has 9 nitrogen and oxygen atoms in total. The van der Waals surface area contributed by atoms with E-state index in [-0.39, 0.29) is 59.1 Å². The van der Waals surface area contributed by atoms with Crippen molar-refractivity contribution in [3.63, 3.8) is 0 Å². The molecule has 0 amide bonds. The van der Waals surface area contributed by atoms with Gasteiger partial charge in [0.2, 0.25) is 5.88 Å². The van der Waals surface area contributed by atoms with E-state index in [9.17, 15) is 17.6 Å². The Hall–Kier alpha value is -3.52. The van der Waals surface area contributed by atoms with Crippen molar-refractivity contribution in [1.82, 2.24) is 19.9 Å². The maximum absolute atomic E-state index is 16.6. The Kier molecular flexibility index (Phi) is 6.58. The molecular weight excluding hydrogens is 575 g/mol. The number of aryl methyl sites for hydroxylation is 1. The Morgan fingerprint density at radius 3 is 2.81 bits per heavy atom. The standard InChI is InChI=1S/C29H31F5N6O3/c1-14-8-16(35)9-17(21(14)29(32,33)34)23-22(31)24-20-25(39(2)18-12-41-7-4-19(18)43-26(20)36-23)38-27(37-24)42-13-28-5-3-6-40(28)11-15(30)10-28/h8-9,15,18-19H,3-7,10-13,35H2,1-2H3/t15-,18-,19-,28+/m1/s1. The van der Waals surface area contributed by atoms with Crippen molar-refractivity contribution in [1.29, 1.82) is 0 Å². The van der Waals surface area contributed by atoms with E-state index < -0.39 is 46.6 Å². The first-order valence-corrected chi connectivity index (χ1v) is 14.3. The van der Waals surface area contributed by atoms with Gasteiger partial charge in [0, 0.05) is 37.7 Å². The monoisotopic (exact) mass is 606 g/mol. The predicted molar refractivity (Wildman–Crippen MR) is 147 cm³/mol. The molecule has 2 aromatic heterocycles. The molecule has 0 radical (unpaired) electrons. The lowest BCUT2D eigenvalue weighted by Crippen LogP contribution is -2.50. The first-order valence-electron chi connectivity index (χ1n) is 14.3. The number of anilines is 2. The van der Waals surface area contributed by atoms with Gasteiger partial charge in [0.1, 0.15) is 41.3 Å². The molecule has 4 atom stereocenters. The molecule has 6 heterocycles. The number of hydrogen-bond acceptors (Lipinski definition) is 9. The zero-order chi connectivity index (χ0) is 30.3. The van der Waals surface area contributed by atoms with Crippen molar-refractivity contribution in [2.45, 2.75) is 62.6 Å². The Bertz CT molecular complexity index is 1610. The molecule has 1 aromatic carbocycles. The van der Waals surface area contributed by atoms with Gasteiger partial charge in [-0.3, -0.25) is 4.90 Å². The zero-order valence-corrected chi connectivity index (χ0v) is 23.7. The average molecular weight is 607 g/mol. The van der Waals surface area contributed by atoms with E-state index in [0.717, 1.165) is 25.5 Å². The number of nitrogen functional groups attached to an aromatic ring is 1. The molecule has 43 heavy (non-hydrogen) atoms. The second-order valence-electron chi connectivity index (χ2n) is 12.0. The van der Waals surface area contributed by atoms with E-state index in [1.807, 2.05) is 0 Å². The third-order valence-corrected chi connectivity index (χ3v) is 9.20. The van der Waals surface area contributed by atoms with Crippen molar-refractivity contribution < 1.29 is 36.2 Å². The molecule has 4 aliphatic heterocycles. The maximum Gasteiger partial charge on any atom is 0.417 e. The van der Waals surface area contributed by atoms with Gasteiger partial charge in [-0.1, -0.05) is 0 Å². The minimum Gasteiger partial charge on any atom is -0.471 e. The van der Waals surface area contributed by atoms with E-state index in [1.54, 1.807) is 11.9 Å². The summed E-state index contributed by atoms with van der Waals surface area (Å²) in [5.74, 6) is -0.924. The van der Waals surface area contributed by atoms with E-state index in [2.05, 4.69) is 19.9 Å². The zero-order valence-electron chi connectivity index (χ0n) is 23.7. The smallest absolute Gasteiger partial charge is 0.417 e. The molecular formula is C29H31F5N6O3. The number of hydrogen-bond donors (Lipinski definition) is 1. The summed E-state index contributed by atoms with van der Waals surface area (Å²) in [5.41, 5.74) is 2.81. The number of fused-ring (bicyclic) bond motifs is 2. The second-order valence-corrected chi connectivity index (χ2v) is 12.0. The summed E-state index contributed by atoms with van der Waals surface area (Å²) in [5, 5.41) is 0.116. The first-order chi connectivity index (χ1) is 20.4. The highest BCUT2D eigenvalue weighted by molar-refractivity contribution is 5.97. The molecule has 0 aliphatic carbocycles. The Morgan fingerprint density at radius 1 is 1.21 bits per heavy atom. The lowest BCUT2D eigenvalue weighted by atomic mass is 9.95. The number of alkyl halides is 4. The number of rotatable bonds is 4. The van der Waals surface area contributed by atoms with Crippen LogP contribution in [0.15, 0.2) is 12.1 Å². The minimum absolute atomic E-state index is 0.0216. The van der Waals surface area contributed by atoms with Gasteiger partial charge in [-0.15, -0.1) is 0 Å². The molecule has 3 aromatic rings. The Balaban J connectivity index is 1.41. The molecule has 7 rings (SSSR count). The molecule has 3 saturated heterocycles. The number of nitrogens with two attached hydrogens (primary N) is 1. The lowest BCUT2D eigenvalue weighted by molar-refractivity contribution is -0.137. The summed E-state index contributed by atoms with van der Waals surface area (Å²) in [6.07, 6.45) is -3.82. The van der Waals surface area contributed by atoms with Gasteiger partial charge in [-0.25, -0.2) is 13.8 Å². The van der Waals surface area contributed by atoms with Gasteiger partial charge in [-0.05, 0) is 44.0 Å². The van der Waals surface area contributed by atoms with E-state index in [0.29, 0.717) is 26.0 Å². The van der Waals surface area contributed by atoms with Gasteiger partial charge in [0.15, 0.2) is 5.82 Å². The minimum atomic E-state index is -4.82. The second kappa shape index (κ2) is 10.0. The SMILES string of the molecule is Cc1cc(N)cc(-c2nc3c4c(nc(OC[C@@]56CCCN5C[C@H](F)C6)nc4c2F)N(C)[C@@H]2COCC[C@H]2O3)c1C(F)(F)F. The van der Waals surface area contributed by atoms with Crippen molar-refractivity contribution in [2.24, 2.45) is 0 Å². The van der Waals surface area contributed by atoms with Gasteiger partial charge < -0.3 is 24.8 Å². The van der Waals surface area contributed by atoms with E-state index in [1.165, 1.54) is 13.0 Å². The Labute approximate surface area is 244 Å². The highest BCUT2D eigenvalue weighted by atomic mass is 19.4.